The van der Waals surface area contributed by atoms with Crippen LogP contribution in [-0.4, -0.2) is 13.2 Å². The van der Waals surface area contributed by atoms with Crippen LogP contribution in [0, 0.1) is 0 Å². The van der Waals surface area contributed by atoms with Crippen molar-refractivity contribution < 1.29 is 4.74 Å². The van der Waals surface area contributed by atoms with Gasteiger partial charge >= 0.3 is 0 Å². The molecular formula is C12H17NO. The highest BCUT2D eigenvalue weighted by atomic mass is 16.5. The third-order valence-electron chi connectivity index (χ3n) is 2.93. The molecule has 2 rings (SSSR count). The maximum absolute atomic E-state index is 5.66. The second kappa shape index (κ2) is 4.11. The maximum atomic E-state index is 5.66. The second-order valence-electron chi connectivity index (χ2n) is 3.97. The van der Waals surface area contributed by atoms with Crippen LogP contribution < -0.4 is 5.73 Å². The molecule has 1 aromatic carbocycles. The minimum absolute atomic E-state index is 0.461. The molecular weight excluding hydrogens is 174 g/mol. The zero-order valence-electron chi connectivity index (χ0n) is 8.62. The Kier molecular flexibility index (Phi) is 2.85. The summed E-state index contributed by atoms with van der Waals surface area (Å²) in [5.41, 5.74) is 9.79. The van der Waals surface area contributed by atoms with E-state index < -0.39 is 0 Å². The van der Waals surface area contributed by atoms with E-state index in [0.717, 1.165) is 26.2 Å². The van der Waals surface area contributed by atoms with Gasteiger partial charge in [-0.3, -0.25) is 0 Å². The lowest BCUT2D eigenvalue weighted by Crippen LogP contribution is -2.13. The Morgan fingerprint density at radius 1 is 1.43 bits per heavy atom. The van der Waals surface area contributed by atoms with Crippen LogP contribution >= 0.6 is 0 Å². The van der Waals surface area contributed by atoms with Gasteiger partial charge in [-0.1, -0.05) is 25.1 Å². The molecule has 1 unspecified atom stereocenters. The molecule has 0 radical (unpaired) electrons. The Labute approximate surface area is 85.1 Å². The van der Waals surface area contributed by atoms with E-state index in [4.69, 9.17) is 10.5 Å². The molecule has 1 aliphatic heterocycles. The number of fused-ring (bicyclic) bond motifs is 1. The lowest BCUT2D eigenvalue weighted by molar-refractivity contribution is 0.110. The maximum Gasteiger partial charge on any atom is 0.0719 e. The quantitative estimate of drug-likeness (QED) is 0.774. The molecule has 1 aromatic rings. The van der Waals surface area contributed by atoms with Crippen molar-refractivity contribution in [3.63, 3.8) is 0 Å². The highest BCUT2D eigenvalue weighted by Crippen LogP contribution is 2.22. The van der Waals surface area contributed by atoms with Gasteiger partial charge in [-0.05, 0) is 35.6 Å². The Bertz CT molecular complexity index is 322. The van der Waals surface area contributed by atoms with E-state index in [1.165, 1.54) is 16.7 Å². The van der Waals surface area contributed by atoms with Gasteiger partial charge < -0.3 is 10.5 Å². The molecule has 2 nitrogen and oxygen atoms in total. The topological polar surface area (TPSA) is 35.2 Å². The summed E-state index contributed by atoms with van der Waals surface area (Å²) >= 11 is 0. The Hall–Kier alpha value is -0.860. The van der Waals surface area contributed by atoms with Crippen LogP contribution in [0.4, 0.5) is 0 Å². The van der Waals surface area contributed by atoms with Crippen molar-refractivity contribution in [1.29, 1.82) is 0 Å². The van der Waals surface area contributed by atoms with Crippen molar-refractivity contribution in [2.75, 3.05) is 13.2 Å². The molecule has 0 amide bonds. The van der Waals surface area contributed by atoms with Crippen molar-refractivity contribution in [1.82, 2.24) is 0 Å². The summed E-state index contributed by atoms with van der Waals surface area (Å²) < 4.78 is 5.40. The molecule has 2 heteroatoms. The molecule has 0 aromatic heterocycles. The number of ether oxygens (including phenoxy) is 1. The van der Waals surface area contributed by atoms with E-state index in [1.807, 2.05) is 0 Å². The number of benzene rings is 1. The minimum atomic E-state index is 0.461. The molecule has 0 spiro atoms. The van der Waals surface area contributed by atoms with Crippen LogP contribution in [0.5, 0.6) is 0 Å². The van der Waals surface area contributed by atoms with Gasteiger partial charge in [-0.25, -0.2) is 0 Å². The normalized spacial score (nSPS) is 17.6. The summed E-state index contributed by atoms with van der Waals surface area (Å²) in [4.78, 5) is 0. The molecule has 76 valence electrons. The summed E-state index contributed by atoms with van der Waals surface area (Å²) in [5.74, 6) is 0.461. The molecule has 14 heavy (non-hydrogen) atoms. The van der Waals surface area contributed by atoms with Crippen molar-refractivity contribution in [3.05, 3.63) is 34.9 Å². The zero-order chi connectivity index (χ0) is 9.97. The number of hydrogen-bond acceptors (Lipinski definition) is 2. The Balaban J connectivity index is 2.29. The van der Waals surface area contributed by atoms with Crippen molar-refractivity contribution in [2.45, 2.75) is 25.9 Å². The van der Waals surface area contributed by atoms with Gasteiger partial charge in [0.1, 0.15) is 0 Å². The van der Waals surface area contributed by atoms with Gasteiger partial charge in [0, 0.05) is 0 Å². The first kappa shape index (κ1) is 9.69. The predicted octanol–water partition coefficient (Wildman–Crippen LogP) is 1.82. The second-order valence-corrected chi connectivity index (χ2v) is 3.97. The van der Waals surface area contributed by atoms with Crippen LogP contribution in [0.3, 0.4) is 0 Å². The van der Waals surface area contributed by atoms with Crippen LogP contribution in [-0.2, 0) is 17.8 Å². The first-order chi connectivity index (χ1) is 6.81. The van der Waals surface area contributed by atoms with Crippen LogP contribution in [0.25, 0.3) is 0 Å². The van der Waals surface area contributed by atoms with Crippen molar-refractivity contribution >= 4 is 0 Å². The highest BCUT2D eigenvalue weighted by molar-refractivity contribution is 5.34. The van der Waals surface area contributed by atoms with Gasteiger partial charge in [0.25, 0.3) is 0 Å². The predicted molar refractivity (Wildman–Crippen MR) is 57.3 cm³/mol. The van der Waals surface area contributed by atoms with Gasteiger partial charge in [0.15, 0.2) is 0 Å². The number of rotatable bonds is 2. The largest absolute Gasteiger partial charge is 0.376 e. The smallest absolute Gasteiger partial charge is 0.0719 e. The molecule has 2 N–H and O–H groups in total. The lowest BCUT2D eigenvalue weighted by atomic mass is 9.94. The molecule has 0 saturated heterocycles. The third-order valence-corrected chi connectivity index (χ3v) is 2.93. The fourth-order valence-corrected chi connectivity index (χ4v) is 1.83. The standard InChI is InChI=1S/C12H17NO/c1-9(7-13)10-2-3-12-8-14-5-4-11(12)6-10/h2-3,6,9H,4-5,7-8,13H2,1H3. The van der Waals surface area contributed by atoms with E-state index in [0.29, 0.717) is 5.92 Å². The van der Waals surface area contributed by atoms with Gasteiger partial charge in [0.05, 0.1) is 13.2 Å². The highest BCUT2D eigenvalue weighted by Gasteiger charge is 2.11. The summed E-state index contributed by atoms with van der Waals surface area (Å²) in [7, 11) is 0. The zero-order valence-corrected chi connectivity index (χ0v) is 8.62. The molecule has 0 aliphatic carbocycles. The van der Waals surface area contributed by atoms with E-state index in [1.54, 1.807) is 0 Å². The number of hydrogen-bond donors (Lipinski definition) is 1. The summed E-state index contributed by atoms with van der Waals surface area (Å²) in [5, 5.41) is 0. The monoisotopic (exact) mass is 191 g/mol. The van der Waals surface area contributed by atoms with Crippen LogP contribution in [0.1, 0.15) is 29.5 Å². The van der Waals surface area contributed by atoms with Crippen LogP contribution in [0.15, 0.2) is 18.2 Å². The third kappa shape index (κ3) is 1.81. The summed E-state index contributed by atoms with van der Waals surface area (Å²) in [6, 6.07) is 6.64. The molecule has 1 heterocycles. The van der Waals surface area contributed by atoms with E-state index in [-0.39, 0.29) is 0 Å². The minimum Gasteiger partial charge on any atom is -0.376 e. The Morgan fingerprint density at radius 2 is 2.29 bits per heavy atom. The fourth-order valence-electron chi connectivity index (χ4n) is 1.83. The van der Waals surface area contributed by atoms with Gasteiger partial charge in [-0.15, -0.1) is 0 Å². The molecule has 0 bridgehead atoms. The number of nitrogens with two attached hydrogens (primary N) is 1. The van der Waals surface area contributed by atoms with E-state index in [9.17, 15) is 0 Å². The van der Waals surface area contributed by atoms with Crippen molar-refractivity contribution in [3.8, 4) is 0 Å². The SMILES string of the molecule is CC(CN)c1ccc2c(c1)CCOC2. The molecule has 0 fully saturated rings. The molecule has 1 aliphatic rings. The van der Waals surface area contributed by atoms with Crippen molar-refractivity contribution in [2.24, 2.45) is 5.73 Å². The first-order valence-electron chi connectivity index (χ1n) is 5.21. The van der Waals surface area contributed by atoms with Gasteiger partial charge in [-0.2, -0.15) is 0 Å². The van der Waals surface area contributed by atoms with E-state index >= 15 is 0 Å². The van der Waals surface area contributed by atoms with Gasteiger partial charge in [0.2, 0.25) is 0 Å². The average Bonchev–Trinajstić information content (AvgIpc) is 2.27. The summed E-state index contributed by atoms with van der Waals surface area (Å²) in [6.07, 6.45) is 1.04. The average molecular weight is 191 g/mol. The van der Waals surface area contributed by atoms with Crippen LogP contribution in [0.2, 0.25) is 0 Å². The Morgan fingerprint density at radius 3 is 3.07 bits per heavy atom. The molecule has 0 saturated carbocycles. The van der Waals surface area contributed by atoms with E-state index in [2.05, 4.69) is 25.1 Å². The summed E-state index contributed by atoms with van der Waals surface area (Å²) in [6.45, 7) is 4.51. The lowest BCUT2D eigenvalue weighted by Gasteiger charge is -2.18. The molecule has 1 atom stereocenters. The first-order valence-corrected chi connectivity index (χ1v) is 5.21. The fraction of sp³-hybridized carbons (Fsp3) is 0.500.